The van der Waals surface area contributed by atoms with Crippen molar-refractivity contribution in [2.75, 3.05) is 26.2 Å². The van der Waals surface area contributed by atoms with Crippen LogP contribution in [-0.4, -0.2) is 31.1 Å². The van der Waals surface area contributed by atoms with Crippen LogP contribution in [0.15, 0.2) is 22.7 Å². The maximum absolute atomic E-state index is 13.0. The predicted molar refractivity (Wildman–Crippen MR) is 73.9 cm³/mol. The van der Waals surface area contributed by atoms with E-state index in [2.05, 4.69) is 26.1 Å². The molecule has 2 aliphatic heterocycles. The van der Waals surface area contributed by atoms with Gasteiger partial charge in [-0.05, 0) is 49.0 Å². The molecule has 1 spiro atoms. The molecule has 1 N–H and O–H groups in total. The molecule has 0 amide bonds. The summed E-state index contributed by atoms with van der Waals surface area (Å²) in [7, 11) is 0. The highest BCUT2D eigenvalue weighted by Gasteiger charge is 2.40. The molecule has 0 bridgehead atoms. The van der Waals surface area contributed by atoms with Crippen LogP contribution in [0.1, 0.15) is 18.4 Å². The highest BCUT2D eigenvalue weighted by atomic mass is 79.9. The molecule has 3 rings (SSSR count). The van der Waals surface area contributed by atoms with Crippen molar-refractivity contribution in [1.29, 1.82) is 0 Å². The second kappa shape index (κ2) is 4.91. The lowest BCUT2D eigenvalue weighted by Gasteiger charge is -2.23. The van der Waals surface area contributed by atoms with Gasteiger partial charge in [-0.25, -0.2) is 4.39 Å². The van der Waals surface area contributed by atoms with E-state index in [-0.39, 0.29) is 5.82 Å². The molecule has 0 aliphatic carbocycles. The van der Waals surface area contributed by atoms with Gasteiger partial charge in [-0.15, -0.1) is 0 Å². The Bertz CT molecular complexity index is 443. The maximum Gasteiger partial charge on any atom is 0.124 e. The van der Waals surface area contributed by atoms with Gasteiger partial charge in [-0.1, -0.05) is 22.0 Å². The molecule has 2 heterocycles. The van der Waals surface area contributed by atoms with Crippen LogP contribution in [0.5, 0.6) is 0 Å². The minimum Gasteiger partial charge on any atom is -0.316 e. The average Bonchev–Trinajstić information content (AvgIpc) is 2.94. The van der Waals surface area contributed by atoms with Crippen LogP contribution in [0, 0.1) is 11.2 Å². The molecule has 2 aliphatic rings. The zero-order valence-corrected chi connectivity index (χ0v) is 12.0. The van der Waals surface area contributed by atoms with Crippen LogP contribution in [0.3, 0.4) is 0 Å². The zero-order valence-electron chi connectivity index (χ0n) is 10.4. The van der Waals surface area contributed by atoms with Gasteiger partial charge in [-0.3, -0.25) is 4.90 Å². The third kappa shape index (κ3) is 2.46. The Hall–Kier alpha value is -0.450. The Morgan fingerprint density at radius 1 is 1.39 bits per heavy atom. The van der Waals surface area contributed by atoms with Crippen LogP contribution in [0.4, 0.5) is 4.39 Å². The molecule has 4 heteroatoms. The Morgan fingerprint density at radius 2 is 2.28 bits per heavy atom. The molecule has 1 unspecified atom stereocenters. The first-order chi connectivity index (χ1) is 8.67. The first-order valence-electron chi connectivity index (χ1n) is 6.54. The van der Waals surface area contributed by atoms with Crippen LogP contribution < -0.4 is 5.32 Å². The van der Waals surface area contributed by atoms with Crippen molar-refractivity contribution in [3.63, 3.8) is 0 Å². The molecular weight excluding hydrogens is 295 g/mol. The van der Waals surface area contributed by atoms with Crippen LogP contribution in [0.2, 0.25) is 0 Å². The van der Waals surface area contributed by atoms with Crippen molar-refractivity contribution < 1.29 is 4.39 Å². The largest absolute Gasteiger partial charge is 0.316 e. The first kappa shape index (κ1) is 12.6. The lowest BCUT2D eigenvalue weighted by atomic mass is 9.86. The van der Waals surface area contributed by atoms with Gasteiger partial charge in [0.25, 0.3) is 0 Å². The van der Waals surface area contributed by atoms with Gasteiger partial charge in [-0.2, -0.15) is 0 Å². The van der Waals surface area contributed by atoms with Crippen molar-refractivity contribution in [3.05, 3.63) is 34.1 Å². The third-order valence-electron chi connectivity index (χ3n) is 4.26. The number of benzene rings is 1. The van der Waals surface area contributed by atoms with Crippen molar-refractivity contribution in [1.82, 2.24) is 10.2 Å². The molecule has 1 aromatic rings. The monoisotopic (exact) mass is 312 g/mol. The van der Waals surface area contributed by atoms with Crippen LogP contribution in [-0.2, 0) is 6.54 Å². The Morgan fingerprint density at radius 3 is 3.00 bits per heavy atom. The molecule has 0 radical (unpaired) electrons. The molecule has 18 heavy (non-hydrogen) atoms. The Balaban J connectivity index is 1.67. The molecule has 0 saturated carbocycles. The van der Waals surface area contributed by atoms with E-state index in [1.807, 2.05) is 6.07 Å². The summed E-state index contributed by atoms with van der Waals surface area (Å²) in [5.74, 6) is -0.177. The normalized spacial score (nSPS) is 28.3. The van der Waals surface area contributed by atoms with E-state index >= 15 is 0 Å². The number of halogens is 2. The number of nitrogens with zero attached hydrogens (tertiary/aromatic N) is 1. The lowest BCUT2D eigenvalue weighted by molar-refractivity contribution is 0.268. The van der Waals surface area contributed by atoms with Gasteiger partial charge in [0.05, 0.1) is 0 Å². The van der Waals surface area contributed by atoms with E-state index < -0.39 is 0 Å². The lowest BCUT2D eigenvalue weighted by Crippen LogP contribution is -2.29. The molecule has 1 atom stereocenters. The summed E-state index contributed by atoms with van der Waals surface area (Å²) in [5, 5.41) is 3.47. The van der Waals surface area contributed by atoms with Gasteiger partial charge in [0.1, 0.15) is 5.82 Å². The summed E-state index contributed by atoms with van der Waals surface area (Å²) in [4.78, 5) is 2.49. The second-order valence-corrected chi connectivity index (χ2v) is 6.48. The average molecular weight is 313 g/mol. The summed E-state index contributed by atoms with van der Waals surface area (Å²) in [5.41, 5.74) is 1.69. The highest BCUT2D eigenvalue weighted by Crippen LogP contribution is 2.37. The maximum atomic E-state index is 13.0. The minimum absolute atomic E-state index is 0.177. The highest BCUT2D eigenvalue weighted by molar-refractivity contribution is 9.10. The summed E-state index contributed by atoms with van der Waals surface area (Å²) >= 11 is 3.45. The van der Waals surface area contributed by atoms with Crippen molar-refractivity contribution in [2.45, 2.75) is 19.4 Å². The third-order valence-corrected chi connectivity index (χ3v) is 5.00. The molecular formula is C14H18BrFN2. The van der Waals surface area contributed by atoms with Gasteiger partial charge in [0.15, 0.2) is 0 Å². The van der Waals surface area contributed by atoms with E-state index in [0.29, 0.717) is 5.41 Å². The fraction of sp³-hybridized carbons (Fsp3) is 0.571. The van der Waals surface area contributed by atoms with Crippen LogP contribution in [0.25, 0.3) is 0 Å². The standard InChI is InChI=1S/C14H18BrFN2/c15-13-7-12(16)2-1-11(13)8-18-6-4-14(10-18)3-5-17-9-14/h1-2,7,17H,3-6,8-10H2. The second-order valence-electron chi connectivity index (χ2n) is 5.62. The van der Waals surface area contributed by atoms with Gasteiger partial charge >= 0.3 is 0 Å². The van der Waals surface area contributed by atoms with E-state index in [1.165, 1.54) is 24.9 Å². The molecule has 2 fully saturated rings. The number of likely N-dealkylation sites (tertiary alicyclic amines) is 1. The molecule has 1 aromatic carbocycles. The van der Waals surface area contributed by atoms with Crippen molar-refractivity contribution in [2.24, 2.45) is 5.41 Å². The quantitative estimate of drug-likeness (QED) is 0.903. The number of hydrogen-bond acceptors (Lipinski definition) is 2. The number of hydrogen-bond donors (Lipinski definition) is 1. The summed E-state index contributed by atoms with van der Waals surface area (Å²) in [6, 6.07) is 4.98. The molecule has 2 saturated heterocycles. The fourth-order valence-corrected chi connectivity index (χ4v) is 3.67. The number of rotatable bonds is 2. The van der Waals surface area contributed by atoms with E-state index in [1.54, 1.807) is 12.1 Å². The summed E-state index contributed by atoms with van der Waals surface area (Å²) < 4.78 is 13.9. The van der Waals surface area contributed by atoms with E-state index in [0.717, 1.165) is 30.7 Å². The van der Waals surface area contributed by atoms with Crippen molar-refractivity contribution in [3.8, 4) is 0 Å². The molecule has 98 valence electrons. The van der Waals surface area contributed by atoms with Gasteiger partial charge in [0.2, 0.25) is 0 Å². The molecule has 0 aromatic heterocycles. The minimum atomic E-state index is -0.177. The number of nitrogens with one attached hydrogen (secondary N) is 1. The van der Waals surface area contributed by atoms with Crippen LogP contribution >= 0.6 is 15.9 Å². The fourth-order valence-electron chi connectivity index (χ4n) is 3.20. The SMILES string of the molecule is Fc1ccc(CN2CCC3(CCNC3)C2)c(Br)c1. The summed E-state index contributed by atoms with van der Waals surface area (Å²) in [6.07, 6.45) is 2.59. The Kier molecular flexibility index (Phi) is 3.43. The van der Waals surface area contributed by atoms with Gasteiger partial charge < -0.3 is 5.32 Å². The van der Waals surface area contributed by atoms with E-state index in [9.17, 15) is 4.39 Å². The predicted octanol–water partition coefficient (Wildman–Crippen LogP) is 2.77. The summed E-state index contributed by atoms with van der Waals surface area (Å²) in [6.45, 7) is 5.57. The first-order valence-corrected chi connectivity index (χ1v) is 7.33. The molecule has 2 nitrogen and oxygen atoms in total. The van der Waals surface area contributed by atoms with Gasteiger partial charge in [0, 0.05) is 24.1 Å². The van der Waals surface area contributed by atoms with Crippen molar-refractivity contribution >= 4 is 15.9 Å². The smallest absolute Gasteiger partial charge is 0.124 e. The topological polar surface area (TPSA) is 15.3 Å². The Labute approximate surface area is 116 Å². The zero-order chi connectivity index (χ0) is 12.6. The van der Waals surface area contributed by atoms with E-state index in [4.69, 9.17) is 0 Å².